The quantitative estimate of drug-likeness (QED) is 0.755. The van der Waals surface area contributed by atoms with Crippen LogP contribution in [-0.2, 0) is 10.0 Å². The zero-order valence-corrected chi connectivity index (χ0v) is 17.5. The van der Waals surface area contributed by atoms with Crippen molar-refractivity contribution in [2.75, 3.05) is 32.1 Å². The number of amides is 2. The molecule has 0 bridgehead atoms. The van der Waals surface area contributed by atoms with Gasteiger partial charge in [0, 0.05) is 25.3 Å². The van der Waals surface area contributed by atoms with Gasteiger partial charge in [0.1, 0.15) is 5.75 Å². The van der Waals surface area contributed by atoms with E-state index < -0.39 is 10.0 Å². The number of carbonyl (C=O) groups is 1. The molecule has 0 unspecified atom stereocenters. The highest BCUT2D eigenvalue weighted by Gasteiger charge is 2.30. The number of ether oxygens (including phenoxy) is 1. The Balaban J connectivity index is 1.55. The molecule has 3 rings (SSSR count). The first-order chi connectivity index (χ1) is 13.9. The number of anilines is 1. The molecule has 1 aliphatic heterocycles. The van der Waals surface area contributed by atoms with Crippen LogP contribution < -0.4 is 15.4 Å². The summed E-state index contributed by atoms with van der Waals surface area (Å²) in [7, 11) is -2.02. The number of hydrogen-bond acceptors (Lipinski definition) is 4. The minimum Gasteiger partial charge on any atom is -0.497 e. The van der Waals surface area contributed by atoms with Gasteiger partial charge in [0.15, 0.2) is 0 Å². The summed E-state index contributed by atoms with van der Waals surface area (Å²) in [4.78, 5) is 12.4. The Labute approximate surface area is 172 Å². The molecule has 0 spiro atoms. The lowest BCUT2D eigenvalue weighted by molar-refractivity contribution is 0.238. The molecule has 0 radical (unpaired) electrons. The Morgan fingerprint density at radius 1 is 1.14 bits per heavy atom. The second kappa shape index (κ2) is 9.28. The maximum Gasteiger partial charge on any atom is 0.319 e. The summed E-state index contributed by atoms with van der Waals surface area (Å²) in [5, 5.41) is 5.65. The smallest absolute Gasteiger partial charge is 0.319 e. The number of benzene rings is 2. The fourth-order valence-corrected chi connectivity index (χ4v) is 4.91. The lowest BCUT2D eigenvalue weighted by atomic mass is 10.00. The second-order valence-electron chi connectivity index (χ2n) is 7.25. The summed E-state index contributed by atoms with van der Waals surface area (Å²) >= 11 is 0. The van der Waals surface area contributed by atoms with Crippen molar-refractivity contribution in [1.29, 1.82) is 0 Å². The van der Waals surface area contributed by atoms with E-state index >= 15 is 0 Å². The fraction of sp³-hybridized carbons (Fsp3) is 0.381. The first-order valence-corrected chi connectivity index (χ1v) is 11.1. The van der Waals surface area contributed by atoms with E-state index in [9.17, 15) is 13.2 Å². The van der Waals surface area contributed by atoms with Crippen molar-refractivity contribution >= 4 is 21.7 Å². The molecule has 2 amide bonds. The molecule has 8 heteroatoms. The normalized spacial score (nSPS) is 17.5. The van der Waals surface area contributed by atoms with Crippen LogP contribution in [0.2, 0.25) is 0 Å². The number of sulfonamides is 1. The van der Waals surface area contributed by atoms with Gasteiger partial charge < -0.3 is 15.4 Å². The van der Waals surface area contributed by atoms with Gasteiger partial charge in [-0.3, -0.25) is 0 Å². The number of rotatable bonds is 6. The molecular formula is C21H27N3O4S. The maximum absolute atomic E-state index is 12.9. The highest BCUT2D eigenvalue weighted by molar-refractivity contribution is 7.89. The maximum atomic E-state index is 12.9. The average Bonchev–Trinajstić information content (AvgIpc) is 2.74. The Bertz CT molecular complexity index is 927. The average molecular weight is 418 g/mol. The molecule has 1 aliphatic rings. The molecule has 1 saturated heterocycles. The molecule has 1 fully saturated rings. The summed E-state index contributed by atoms with van der Waals surface area (Å²) in [6, 6.07) is 13.7. The van der Waals surface area contributed by atoms with Gasteiger partial charge in [-0.25, -0.2) is 13.2 Å². The molecule has 1 heterocycles. The summed E-state index contributed by atoms with van der Waals surface area (Å²) in [6.07, 6.45) is 1.64. The number of piperidine rings is 1. The summed E-state index contributed by atoms with van der Waals surface area (Å²) in [5.41, 5.74) is 1.84. The summed E-state index contributed by atoms with van der Waals surface area (Å²) < 4.78 is 32.4. The van der Waals surface area contributed by atoms with Crippen molar-refractivity contribution in [2.45, 2.75) is 24.7 Å². The van der Waals surface area contributed by atoms with Gasteiger partial charge in [-0.1, -0.05) is 17.7 Å². The molecular weight excluding hydrogens is 390 g/mol. The second-order valence-corrected chi connectivity index (χ2v) is 9.19. The number of aryl methyl sites for hydroxylation is 1. The lowest BCUT2D eigenvalue weighted by Crippen LogP contribution is -2.44. The van der Waals surface area contributed by atoms with Crippen molar-refractivity contribution < 1.29 is 17.9 Å². The Hall–Kier alpha value is -2.58. The minimum absolute atomic E-state index is 0.0699. The Kier molecular flexibility index (Phi) is 6.76. The van der Waals surface area contributed by atoms with E-state index in [0.29, 0.717) is 25.4 Å². The molecule has 156 valence electrons. The Morgan fingerprint density at radius 2 is 1.83 bits per heavy atom. The third-order valence-corrected chi connectivity index (χ3v) is 6.92. The standard InChI is InChI=1S/C21H27N3O4S/c1-16-5-7-18(8-6-16)23-21(25)22-14-17-4-3-13-24(15-17)29(26,27)20-11-9-19(28-2)10-12-20/h5-12,17H,3-4,13-15H2,1-2H3,(H2,22,23,25)/t17-/m1/s1. The highest BCUT2D eigenvalue weighted by Crippen LogP contribution is 2.25. The molecule has 2 N–H and O–H groups in total. The number of hydrogen-bond donors (Lipinski definition) is 2. The van der Waals surface area contributed by atoms with Gasteiger partial charge in [-0.15, -0.1) is 0 Å². The van der Waals surface area contributed by atoms with Gasteiger partial charge in [-0.05, 0) is 62.1 Å². The van der Waals surface area contributed by atoms with E-state index in [1.807, 2.05) is 31.2 Å². The van der Waals surface area contributed by atoms with Crippen molar-refractivity contribution in [3.05, 3.63) is 54.1 Å². The van der Waals surface area contributed by atoms with E-state index in [1.54, 1.807) is 31.4 Å². The molecule has 0 aliphatic carbocycles. The van der Waals surface area contributed by atoms with Crippen molar-refractivity contribution in [2.24, 2.45) is 5.92 Å². The van der Waals surface area contributed by atoms with Crippen LogP contribution in [0.3, 0.4) is 0 Å². The topological polar surface area (TPSA) is 87.7 Å². The molecule has 0 aromatic heterocycles. The van der Waals surface area contributed by atoms with E-state index in [0.717, 1.165) is 24.1 Å². The van der Waals surface area contributed by atoms with Crippen molar-refractivity contribution in [3.8, 4) is 5.75 Å². The van der Waals surface area contributed by atoms with Gasteiger partial charge >= 0.3 is 6.03 Å². The predicted octanol–water partition coefficient (Wildman–Crippen LogP) is 3.23. The molecule has 2 aromatic carbocycles. The highest BCUT2D eigenvalue weighted by atomic mass is 32.2. The SMILES string of the molecule is COc1ccc(S(=O)(=O)N2CCC[C@H](CNC(=O)Nc3ccc(C)cc3)C2)cc1. The van der Waals surface area contributed by atoms with Crippen LogP contribution in [0.15, 0.2) is 53.4 Å². The van der Waals surface area contributed by atoms with Crippen LogP contribution in [0, 0.1) is 12.8 Å². The molecule has 2 aromatic rings. The van der Waals surface area contributed by atoms with Crippen LogP contribution in [0.5, 0.6) is 5.75 Å². The van der Waals surface area contributed by atoms with Crippen molar-refractivity contribution in [1.82, 2.24) is 9.62 Å². The van der Waals surface area contributed by atoms with Gasteiger partial charge in [0.25, 0.3) is 0 Å². The largest absolute Gasteiger partial charge is 0.497 e. The first-order valence-electron chi connectivity index (χ1n) is 9.64. The van der Waals surface area contributed by atoms with E-state index in [2.05, 4.69) is 10.6 Å². The molecule has 0 saturated carbocycles. The lowest BCUT2D eigenvalue weighted by Gasteiger charge is -2.32. The summed E-state index contributed by atoms with van der Waals surface area (Å²) in [5.74, 6) is 0.685. The zero-order chi connectivity index (χ0) is 20.9. The third kappa shape index (κ3) is 5.48. The van der Waals surface area contributed by atoms with E-state index in [1.165, 1.54) is 4.31 Å². The minimum atomic E-state index is -3.56. The summed E-state index contributed by atoms with van der Waals surface area (Å²) in [6.45, 7) is 3.28. The van der Waals surface area contributed by atoms with Crippen LogP contribution in [0.4, 0.5) is 10.5 Å². The van der Waals surface area contributed by atoms with Gasteiger partial charge in [-0.2, -0.15) is 4.31 Å². The fourth-order valence-electron chi connectivity index (χ4n) is 3.36. The van der Waals surface area contributed by atoms with Crippen LogP contribution in [-0.4, -0.2) is 45.5 Å². The molecule has 7 nitrogen and oxygen atoms in total. The molecule has 1 atom stereocenters. The molecule has 29 heavy (non-hydrogen) atoms. The van der Waals surface area contributed by atoms with Crippen LogP contribution >= 0.6 is 0 Å². The van der Waals surface area contributed by atoms with Crippen LogP contribution in [0.25, 0.3) is 0 Å². The predicted molar refractivity (Wildman–Crippen MR) is 113 cm³/mol. The number of nitrogens with one attached hydrogen (secondary N) is 2. The number of nitrogens with zero attached hydrogens (tertiary/aromatic N) is 1. The van der Waals surface area contributed by atoms with Crippen molar-refractivity contribution in [3.63, 3.8) is 0 Å². The third-order valence-electron chi connectivity index (χ3n) is 5.04. The number of carbonyl (C=O) groups excluding carboxylic acids is 1. The van der Waals surface area contributed by atoms with Gasteiger partial charge in [0.2, 0.25) is 10.0 Å². The van der Waals surface area contributed by atoms with Crippen LogP contribution in [0.1, 0.15) is 18.4 Å². The Morgan fingerprint density at radius 3 is 2.48 bits per heavy atom. The van der Waals surface area contributed by atoms with E-state index in [4.69, 9.17) is 4.74 Å². The zero-order valence-electron chi connectivity index (χ0n) is 16.7. The van der Waals surface area contributed by atoms with E-state index in [-0.39, 0.29) is 16.8 Å². The first kappa shape index (κ1) is 21.1. The number of urea groups is 1. The number of methoxy groups -OCH3 is 1. The van der Waals surface area contributed by atoms with Gasteiger partial charge in [0.05, 0.1) is 12.0 Å². The monoisotopic (exact) mass is 417 g/mol.